The van der Waals surface area contributed by atoms with Crippen LogP contribution in [0.3, 0.4) is 0 Å². The quantitative estimate of drug-likeness (QED) is 0.836. The number of ether oxygens (including phenoxy) is 2. The van der Waals surface area contributed by atoms with Crippen molar-refractivity contribution in [3.8, 4) is 11.5 Å². The monoisotopic (exact) mass is 354 g/mol. The molecule has 1 atom stereocenters. The standard InChI is InChI=1S/C20H22N2O4/c1-12-5-6-14(9-13(12)2)21-16-11-19(23)22(20(16)24)17-8-7-15(25-3)10-18(17)26-4/h5-10,16,21H,11H2,1-4H3/t16-/m0/s1. The molecule has 26 heavy (non-hydrogen) atoms. The van der Waals surface area contributed by atoms with Crippen molar-refractivity contribution in [3.63, 3.8) is 0 Å². The normalized spacial score (nSPS) is 16.8. The van der Waals surface area contributed by atoms with Gasteiger partial charge in [-0.25, -0.2) is 4.90 Å². The molecule has 1 fully saturated rings. The molecule has 6 nitrogen and oxygen atoms in total. The van der Waals surface area contributed by atoms with Crippen molar-refractivity contribution in [3.05, 3.63) is 47.5 Å². The van der Waals surface area contributed by atoms with Crippen molar-refractivity contribution in [1.29, 1.82) is 0 Å². The summed E-state index contributed by atoms with van der Waals surface area (Å²) in [7, 11) is 3.04. The van der Waals surface area contributed by atoms with Gasteiger partial charge in [-0.05, 0) is 49.2 Å². The number of amides is 2. The Labute approximate surface area is 152 Å². The maximum atomic E-state index is 12.9. The molecule has 2 aromatic rings. The van der Waals surface area contributed by atoms with Crippen LogP contribution in [0.5, 0.6) is 11.5 Å². The van der Waals surface area contributed by atoms with E-state index < -0.39 is 6.04 Å². The van der Waals surface area contributed by atoms with Crippen LogP contribution in [0.2, 0.25) is 0 Å². The molecule has 0 radical (unpaired) electrons. The lowest BCUT2D eigenvalue weighted by molar-refractivity contribution is -0.121. The van der Waals surface area contributed by atoms with Gasteiger partial charge < -0.3 is 14.8 Å². The van der Waals surface area contributed by atoms with E-state index in [9.17, 15) is 9.59 Å². The molecule has 3 rings (SSSR count). The number of benzene rings is 2. The molecular weight excluding hydrogens is 332 g/mol. The molecule has 0 spiro atoms. The highest BCUT2D eigenvalue weighted by molar-refractivity contribution is 6.23. The number of anilines is 2. The first-order valence-corrected chi connectivity index (χ1v) is 8.37. The Morgan fingerprint density at radius 3 is 2.42 bits per heavy atom. The van der Waals surface area contributed by atoms with Gasteiger partial charge in [0.05, 0.1) is 26.3 Å². The van der Waals surface area contributed by atoms with Crippen LogP contribution < -0.4 is 19.7 Å². The van der Waals surface area contributed by atoms with Gasteiger partial charge in [-0.3, -0.25) is 9.59 Å². The van der Waals surface area contributed by atoms with E-state index in [0.717, 1.165) is 11.3 Å². The van der Waals surface area contributed by atoms with Gasteiger partial charge in [0, 0.05) is 11.8 Å². The third-order valence-electron chi connectivity index (χ3n) is 4.62. The summed E-state index contributed by atoms with van der Waals surface area (Å²) in [6, 6.07) is 10.3. The number of aryl methyl sites for hydroxylation is 2. The Bertz CT molecular complexity index is 863. The average molecular weight is 354 g/mol. The Morgan fingerprint density at radius 1 is 1.00 bits per heavy atom. The lowest BCUT2D eigenvalue weighted by Crippen LogP contribution is -2.35. The summed E-state index contributed by atoms with van der Waals surface area (Å²) >= 11 is 0. The first-order valence-electron chi connectivity index (χ1n) is 8.37. The maximum Gasteiger partial charge on any atom is 0.256 e. The van der Waals surface area contributed by atoms with E-state index >= 15 is 0 Å². The van der Waals surface area contributed by atoms with E-state index in [1.165, 1.54) is 17.6 Å². The molecule has 6 heteroatoms. The minimum Gasteiger partial charge on any atom is -0.497 e. The van der Waals surface area contributed by atoms with E-state index in [2.05, 4.69) is 5.32 Å². The van der Waals surface area contributed by atoms with Gasteiger partial charge in [0.2, 0.25) is 5.91 Å². The van der Waals surface area contributed by atoms with Crippen molar-refractivity contribution in [2.45, 2.75) is 26.3 Å². The second kappa shape index (κ2) is 7.07. The minimum atomic E-state index is -0.601. The highest BCUT2D eigenvalue weighted by Gasteiger charge is 2.40. The lowest BCUT2D eigenvalue weighted by atomic mass is 10.1. The largest absolute Gasteiger partial charge is 0.497 e. The van der Waals surface area contributed by atoms with Gasteiger partial charge in [-0.1, -0.05) is 6.07 Å². The number of hydrogen-bond donors (Lipinski definition) is 1. The van der Waals surface area contributed by atoms with Crippen LogP contribution in [0.4, 0.5) is 11.4 Å². The van der Waals surface area contributed by atoms with Crippen LogP contribution in [0.1, 0.15) is 17.5 Å². The number of imide groups is 1. The molecule has 136 valence electrons. The molecule has 1 saturated heterocycles. The fourth-order valence-corrected chi connectivity index (χ4v) is 3.00. The van der Waals surface area contributed by atoms with Crippen molar-refractivity contribution in [1.82, 2.24) is 0 Å². The number of rotatable bonds is 5. The summed E-state index contributed by atoms with van der Waals surface area (Å²) < 4.78 is 10.5. The first kappa shape index (κ1) is 17.8. The molecule has 0 bridgehead atoms. The lowest BCUT2D eigenvalue weighted by Gasteiger charge is -2.19. The molecule has 1 aliphatic heterocycles. The Kier molecular flexibility index (Phi) is 4.84. The number of carbonyl (C=O) groups is 2. The molecule has 0 aromatic heterocycles. The molecule has 0 unspecified atom stereocenters. The fourth-order valence-electron chi connectivity index (χ4n) is 3.00. The zero-order chi connectivity index (χ0) is 18.8. The van der Waals surface area contributed by atoms with Gasteiger partial charge >= 0.3 is 0 Å². The molecule has 2 aromatic carbocycles. The summed E-state index contributed by atoms with van der Waals surface area (Å²) in [6.07, 6.45) is 0.0982. The summed E-state index contributed by atoms with van der Waals surface area (Å²) in [5.41, 5.74) is 3.55. The zero-order valence-electron chi connectivity index (χ0n) is 15.3. The fraction of sp³-hybridized carbons (Fsp3) is 0.300. The van der Waals surface area contributed by atoms with Gasteiger partial charge in [0.1, 0.15) is 17.5 Å². The Hall–Kier alpha value is -3.02. The third-order valence-corrected chi connectivity index (χ3v) is 4.62. The number of nitrogens with zero attached hydrogens (tertiary/aromatic N) is 1. The predicted molar refractivity (Wildman–Crippen MR) is 100.0 cm³/mol. The van der Waals surface area contributed by atoms with Crippen molar-refractivity contribution < 1.29 is 19.1 Å². The van der Waals surface area contributed by atoms with Crippen molar-refractivity contribution in [2.24, 2.45) is 0 Å². The summed E-state index contributed by atoms with van der Waals surface area (Å²) in [5, 5.41) is 3.17. The van der Waals surface area contributed by atoms with Crippen LogP contribution >= 0.6 is 0 Å². The zero-order valence-corrected chi connectivity index (χ0v) is 15.3. The van der Waals surface area contributed by atoms with Crippen LogP contribution in [-0.2, 0) is 9.59 Å². The Balaban J connectivity index is 1.86. The smallest absolute Gasteiger partial charge is 0.256 e. The number of methoxy groups -OCH3 is 2. The number of carbonyl (C=O) groups excluding carboxylic acids is 2. The highest BCUT2D eigenvalue weighted by Crippen LogP contribution is 2.35. The molecule has 0 aliphatic carbocycles. The average Bonchev–Trinajstić information content (AvgIpc) is 2.91. The first-order chi connectivity index (χ1) is 12.4. The van der Waals surface area contributed by atoms with Gasteiger partial charge in [0.25, 0.3) is 5.91 Å². The molecule has 0 saturated carbocycles. The van der Waals surface area contributed by atoms with Crippen LogP contribution in [-0.4, -0.2) is 32.1 Å². The maximum absolute atomic E-state index is 12.9. The summed E-state index contributed by atoms with van der Waals surface area (Å²) in [5.74, 6) is 0.448. The van der Waals surface area contributed by atoms with Crippen LogP contribution in [0, 0.1) is 13.8 Å². The van der Waals surface area contributed by atoms with Crippen molar-refractivity contribution >= 4 is 23.2 Å². The number of hydrogen-bond acceptors (Lipinski definition) is 5. The molecular formula is C20H22N2O4. The van der Waals surface area contributed by atoms with E-state index in [1.54, 1.807) is 25.3 Å². The summed E-state index contributed by atoms with van der Waals surface area (Å²) in [4.78, 5) is 26.5. The third kappa shape index (κ3) is 3.22. The summed E-state index contributed by atoms with van der Waals surface area (Å²) in [6.45, 7) is 4.04. The number of nitrogens with one attached hydrogen (secondary N) is 1. The van der Waals surface area contributed by atoms with Gasteiger partial charge in [-0.15, -0.1) is 0 Å². The molecule has 1 aliphatic rings. The van der Waals surface area contributed by atoms with Crippen LogP contribution in [0.25, 0.3) is 0 Å². The molecule has 2 amide bonds. The Morgan fingerprint density at radius 2 is 1.77 bits per heavy atom. The van der Waals surface area contributed by atoms with Crippen LogP contribution in [0.15, 0.2) is 36.4 Å². The highest BCUT2D eigenvalue weighted by atomic mass is 16.5. The predicted octanol–water partition coefficient (Wildman–Crippen LogP) is 3.06. The van der Waals surface area contributed by atoms with E-state index in [-0.39, 0.29) is 18.2 Å². The molecule has 1 heterocycles. The van der Waals surface area contributed by atoms with Gasteiger partial charge in [0.15, 0.2) is 0 Å². The van der Waals surface area contributed by atoms with Gasteiger partial charge in [-0.2, -0.15) is 0 Å². The second-order valence-electron chi connectivity index (χ2n) is 6.31. The second-order valence-corrected chi connectivity index (χ2v) is 6.31. The minimum absolute atomic E-state index is 0.0982. The van der Waals surface area contributed by atoms with E-state index in [0.29, 0.717) is 17.2 Å². The topological polar surface area (TPSA) is 67.9 Å². The SMILES string of the molecule is COc1ccc(N2C(=O)C[C@H](Nc3ccc(C)c(C)c3)C2=O)c(OC)c1. The van der Waals surface area contributed by atoms with Crippen molar-refractivity contribution in [2.75, 3.05) is 24.4 Å². The van der Waals surface area contributed by atoms with E-state index in [1.807, 2.05) is 32.0 Å². The van der Waals surface area contributed by atoms with E-state index in [4.69, 9.17) is 9.47 Å². The molecule has 1 N–H and O–H groups in total.